The van der Waals surface area contributed by atoms with E-state index in [1.807, 2.05) is 20.8 Å². The molecule has 2 rings (SSSR count). The summed E-state index contributed by atoms with van der Waals surface area (Å²) in [6.45, 7) is 16.6. The van der Waals surface area contributed by atoms with Gasteiger partial charge in [-0.2, -0.15) is 0 Å². The van der Waals surface area contributed by atoms with E-state index in [1.165, 1.54) is 44.9 Å². The number of carbonyl (C=O) groups excluding carboxylic acids is 4. The molecule has 0 bridgehead atoms. The minimum absolute atomic E-state index is 0.0766. The largest absolute Gasteiger partial charge is 0.487 e. The number of ether oxygens (including phenoxy) is 3. The van der Waals surface area contributed by atoms with Gasteiger partial charge in [0.15, 0.2) is 0 Å². The average molecular weight is 850 g/mol. The normalized spacial score (nSPS) is 17.5. The molecule has 0 spiro atoms. The number of aliphatic carboxylic acids is 2. The molecule has 0 fully saturated rings. The molecule has 0 radical (unpaired) electrons. The zero-order chi connectivity index (χ0) is 44.4. The summed E-state index contributed by atoms with van der Waals surface area (Å²) in [7, 11) is 0. The van der Waals surface area contributed by atoms with Crippen molar-refractivity contribution < 1.29 is 53.2 Å². The van der Waals surface area contributed by atoms with Crippen LogP contribution in [0.4, 0.5) is 0 Å². The molecule has 0 aromatic heterocycles. The first-order valence-corrected chi connectivity index (χ1v) is 22.3. The lowest BCUT2D eigenvalue weighted by molar-refractivity contribution is -0.159. The Morgan fingerprint density at radius 2 is 1.41 bits per heavy atom. The molecule has 1 aromatic carbocycles. The number of hydrogen-bond donors (Lipinski definition) is 5. The number of carbonyl (C=O) groups is 6. The van der Waals surface area contributed by atoms with Crippen LogP contribution in [0.5, 0.6) is 11.5 Å². The SMILES string of the molecule is Cc1c(C)c2c(c(C)c1OC(=O)C(CCC(=O)O)SC[C@H](N)C(=O)NCC(=O)OC(=O)CC[C@H](N)C(=O)O)CCC(C)(CCCC(C)CCCC(C)CCCC(C)C)O2. The predicted octanol–water partition coefficient (Wildman–Crippen LogP) is 6.71. The van der Waals surface area contributed by atoms with Gasteiger partial charge in [0, 0.05) is 24.2 Å². The highest BCUT2D eigenvalue weighted by Crippen LogP contribution is 2.45. The summed E-state index contributed by atoms with van der Waals surface area (Å²) < 4.78 is 17.3. The van der Waals surface area contributed by atoms with Crippen molar-refractivity contribution >= 4 is 47.5 Å². The maximum atomic E-state index is 13.6. The first-order valence-electron chi connectivity index (χ1n) is 21.3. The lowest BCUT2D eigenvalue weighted by atomic mass is 9.83. The number of rotatable bonds is 27. The number of esters is 3. The molecule has 1 aliphatic rings. The Balaban J connectivity index is 1.97. The number of nitrogens with one attached hydrogen (secondary N) is 1. The zero-order valence-corrected chi connectivity index (χ0v) is 37.4. The molecule has 0 aliphatic carbocycles. The molecular weight excluding hydrogens is 779 g/mol. The molecule has 1 heterocycles. The van der Waals surface area contributed by atoms with Gasteiger partial charge >= 0.3 is 29.8 Å². The van der Waals surface area contributed by atoms with Crippen LogP contribution in [0.15, 0.2) is 0 Å². The summed E-state index contributed by atoms with van der Waals surface area (Å²) in [5.74, 6) is -2.57. The van der Waals surface area contributed by atoms with Gasteiger partial charge in [0.05, 0.1) is 6.04 Å². The van der Waals surface area contributed by atoms with Crippen LogP contribution in [0.25, 0.3) is 0 Å². The van der Waals surface area contributed by atoms with E-state index < -0.39 is 66.1 Å². The average Bonchev–Trinajstić information content (AvgIpc) is 3.16. The van der Waals surface area contributed by atoms with Crippen LogP contribution < -0.4 is 26.3 Å². The van der Waals surface area contributed by atoms with Gasteiger partial charge in [-0.05, 0) is 101 Å². The second-order valence-electron chi connectivity index (χ2n) is 17.3. The lowest BCUT2D eigenvalue weighted by Gasteiger charge is -2.38. The first kappa shape index (κ1) is 51.5. The van der Waals surface area contributed by atoms with Crippen LogP contribution in [0.2, 0.25) is 0 Å². The Labute approximate surface area is 355 Å². The fraction of sp³-hybridized carbons (Fsp3) is 0.727. The Hall–Kier alpha value is -3.69. The third kappa shape index (κ3) is 18.2. The fourth-order valence-corrected chi connectivity index (χ4v) is 8.36. The minimum Gasteiger partial charge on any atom is -0.487 e. The zero-order valence-electron chi connectivity index (χ0n) is 36.6. The molecule has 59 heavy (non-hydrogen) atoms. The highest BCUT2D eigenvalue weighted by molar-refractivity contribution is 8.00. The summed E-state index contributed by atoms with van der Waals surface area (Å²) in [5, 5.41) is 19.5. The van der Waals surface area contributed by atoms with Crippen molar-refractivity contribution in [2.45, 2.75) is 175 Å². The minimum atomic E-state index is -1.30. The maximum absolute atomic E-state index is 13.6. The maximum Gasteiger partial charge on any atom is 0.333 e. The van der Waals surface area contributed by atoms with E-state index in [-0.39, 0.29) is 30.6 Å². The quantitative estimate of drug-likeness (QED) is 0.0352. The summed E-state index contributed by atoms with van der Waals surface area (Å²) in [6, 6.07) is -2.50. The molecule has 0 saturated heterocycles. The number of benzene rings is 1. The number of nitrogens with two attached hydrogens (primary N) is 2. The van der Waals surface area contributed by atoms with E-state index in [0.717, 1.165) is 77.3 Å². The van der Waals surface area contributed by atoms with Gasteiger partial charge in [0.25, 0.3) is 0 Å². The molecule has 1 aromatic rings. The fourth-order valence-electron chi connectivity index (χ4n) is 7.30. The Bertz CT molecular complexity index is 1600. The second kappa shape index (κ2) is 25.2. The molecule has 0 saturated carbocycles. The molecule has 4 unspecified atom stereocenters. The van der Waals surface area contributed by atoms with Gasteiger partial charge in [-0.25, -0.2) is 4.79 Å². The van der Waals surface area contributed by atoms with Crippen molar-refractivity contribution in [3.05, 3.63) is 22.3 Å². The number of thioether (sulfide) groups is 1. The van der Waals surface area contributed by atoms with E-state index >= 15 is 0 Å². The first-order chi connectivity index (χ1) is 27.6. The number of hydrogen-bond acceptors (Lipinski definition) is 12. The van der Waals surface area contributed by atoms with Crippen molar-refractivity contribution in [2.24, 2.45) is 29.2 Å². The van der Waals surface area contributed by atoms with Gasteiger partial charge in [-0.3, -0.25) is 24.0 Å². The highest BCUT2D eigenvalue weighted by atomic mass is 32.2. The molecule has 1 aliphatic heterocycles. The number of carboxylic acid groups (broad SMARTS) is 2. The monoisotopic (exact) mass is 849 g/mol. The Morgan fingerprint density at radius 1 is 0.797 bits per heavy atom. The smallest absolute Gasteiger partial charge is 0.333 e. The van der Waals surface area contributed by atoms with Crippen molar-refractivity contribution in [3.63, 3.8) is 0 Å². The third-order valence-corrected chi connectivity index (χ3v) is 12.7. The standard InChI is InChI=1S/C44H71N3O11S/c1-26(2)12-9-13-27(3)14-10-15-28(4)16-11-22-44(8)23-21-32-31(7)39(29(5)30(6)40(32)58-44)57-43(55)35(18-19-36(48)49)59-25-34(46)41(52)47-24-38(51)56-37(50)20-17-33(45)42(53)54/h26-28,33-35H,9-25,45-46H2,1-8H3,(H,47,52)(H,48,49)(H,53,54)/t27?,28?,33-,34-,35?,44?/m0/s1. The van der Waals surface area contributed by atoms with E-state index in [9.17, 15) is 33.9 Å². The summed E-state index contributed by atoms with van der Waals surface area (Å²) >= 11 is 0.968. The van der Waals surface area contributed by atoms with Crippen molar-refractivity contribution in [1.82, 2.24) is 5.32 Å². The topological polar surface area (TPSA) is 235 Å². The molecular formula is C44H71N3O11S. The number of carboxylic acids is 2. The van der Waals surface area contributed by atoms with Crippen LogP contribution in [-0.4, -0.2) is 81.2 Å². The molecule has 1 amide bonds. The van der Waals surface area contributed by atoms with E-state index in [2.05, 4.69) is 44.7 Å². The van der Waals surface area contributed by atoms with Crippen LogP contribution in [0, 0.1) is 38.5 Å². The number of amides is 1. The molecule has 14 nitrogen and oxygen atoms in total. The highest BCUT2D eigenvalue weighted by Gasteiger charge is 2.35. The van der Waals surface area contributed by atoms with Crippen molar-refractivity contribution in [2.75, 3.05) is 12.3 Å². The summed E-state index contributed by atoms with van der Waals surface area (Å²) in [6.07, 6.45) is 11.5. The van der Waals surface area contributed by atoms with E-state index in [4.69, 9.17) is 26.0 Å². The van der Waals surface area contributed by atoms with Crippen LogP contribution >= 0.6 is 11.8 Å². The van der Waals surface area contributed by atoms with Gasteiger partial charge in [-0.1, -0.05) is 72.6 Å². The Kier molecular flexibility index (Phi) is 21.9. The van der Waals surface area contributed by atoms with Crippen LogP contribution in [0.1, 0.15) is 147 Å². The summed E-state index contributed by atoms with van der Waals surface area (Å²) in [4.78, 5) is 72.3. The van der Waals surface area contributed by atoms with Gasteiger partial charge in [0.1, 0.15) is 34.9 Å². The lowest BCUT2D eigenvalue weighted by Crippen LogP contribution is -2.45. The molecule has 334 valence electrons. The van der Waals surface area contributed by atoms with Crippen molar-refractivity contribution in [3.8, 4) is 11.5 Å². The second-order valence-corrected chi connectivity index (χ2v) is 18.5. The third-order valence-electron chi connectivity index (χ3n) is 11.3. The van der Waals surface area contributed by atoms with Gasteiger partial charge in [0.2, 0.25) is 5.91 Å². The molecule has 6 atom stereocenters. The predicted molar refractivity (Wildman–Crippen MR) is 228 cm³/mol. The van der Waals surface area contributed by atoms with E-state index in [0.29, 0.717) is 11.7 Å². The van der Waals surface area contributed by atoms with Crippen molar-refractivity contribution in [1.29, 1.82) is 0 Å². The Morgan fingerprint density at radius 3 is 2.00 bits per heavy atom. The summed E-state index contributed by atoms with van der Waals surface area (Å²) in [5.41, 5.74) is 14.5. The number of fused-ring (bicyclic) bond motifs is 1. The molecule has 7 N–H and O–H groups in total. The van der Waals surface area contributed by atoms with Crippen LogP contribution in [0.3, 0.4) is 0 Å². The van der Waals surface area contributed by atoms with Gasteiger partial charge < -0.3 is 41.2 Å². The van der Waals surface area contributed by atoms with E-state index in [1.54, 1.807) is 0 Å². The molecule has 15 heteroatoms. The van der Waals surface area contributed by atoms with Crippen LogP contribution in [-0.2, 0) is 39.9 Å². The van der Waals surface area contributed by atoms with Gasteiger partial charge in [-0.15, -0.1) is 11.8 Å².